The average molecular weight is 451 g/mol. The lowest BCUT2D eigenvalue weighted by molar-refractivity contribution is -0.209. The van der Waals surface area contributed by atoms with Crippen LogP contribution in [-0.4, -0.2) is 37.0 Å². The summed E-state index contributed by atoms with van der Waals surface area (Å²) >= 11 is 0. The Bertz CT molecular complexity index is 546. The predicted molar refractivity (Wildman–Crippen MR) is 128 cm³/mol. The molecular weight excluding hydrogens is 400 g/mol. The monoisotopic (exact) mass is 450 g/mol. The molecule has 0 aromatic rings. The van der Waals surface area contributed by atoms with Crippen LogP contribution in [0.3, 0.4) is 0 Å². The highest BCUT2D eigenvalue weighted by Gasteiger charge is 2.46. The Labute approximate surface area is 197 Å². The summed E-state index contributed by atoms with van der Waals surface area (Å²) in [4.78, 5) is 0. The molecule has 32 heavy (non-hydrogen) atoms. The van der Waals surface area contributed by atoms with Gasteiger partial charge in [0, 0.05) is 12.8 Å². The van der Waals surface area contributed by atoms with Crippen LogP contribution in [0.4, 0.5) is 0 Å². The molecule has 4 aliphatic rings. The van der Waals surface area contributed by atoms with Crippen LogP contribution in [0.25, 0.3) is 0 Å². The van der Waals surface area contributed by atoms with Gasteiger partial charge in [-0.15, -0.1) is 0 Å². The molecule has 2 spiro atoms. The molecule has 186 valence electrons. The highest BCUT2D eigenvalue weighted by atomic mass is 16.7. The number of hydrogen-bond acceptors (Lipinski definition) is 4. The summed E-state index contributed by atoms with van der Waals surface area (Å²) in [6.45, 7) is 15.5. The van der Waals surface area contributed by atoms with Crippen LogP contribution in [-0.2, 0) is 18.9 Å². The van der Waals surface area contributed by atoms with E-state index in [-0.39, 0.29) is 23.8 Å². The molecule has 0 bridgehead atoms. The zero-order valence-electron chi connectivity index (χ0n) is 21.8. The van der Waals surface area contributed by atoms with Crippen molar-refractivity contribution in [1.82, 2.24) is 0 Å². The number of ether oxygens (including phenoxy) is 4. The van der Waals surface area contributed by atoms with Gasteiger partial charge in [0.25, 0.3) is 0 Å². The molecule has 0 aromatic carbocycles. The Balaban J connectivity index is 1.11. The summed E-state index contributed by atoms with van der Waals surface area (Å²) in [5.74, 6) is 1.65. The maximum Gasteiger partial charge on any atom is 0.158 e. The standard InChI is InChI=1S/C28H50O4/c1-25(2,3)21-7-13-27(14-8-21)17-11-23(31-27)29-19-20-30-24-12-18-28(32-24)15-9-22(10-16-28)26(4,5)6/h21-24H,7-20H2,1-6H3/t21?,22?,23-,24-,27?,28?/m0/s1. The molecule has 0 N–H and O–H groups in total. The third-order valence-electron chi connectivity index (χ3n) is 9.37. The van der Waals surface area contributed by atoms with Gasteiger partial charge in [-0.1, -0.05) is 41.5 Å². The summed E-state index contributed by atoms with van der Waals surface area (Å²) in [7, 11) is 0. The van der Waals surface area contributed by atoms with Crippen molar-refractivity contribution in [2.75, 3.05) is 13.2 Å². The van der Waals surface area contributed by atoms with Gasteiger partial charge in [0.15, 0.2) is 12.6 Å². The van der Waals surface area contributed by atoms with Gasteiger partial charge in [-0.2, -0.15) is 0 Å². The van der Waals surface area contributed by atoms with Crippen molar-refractivity contribution in [3.05, 3.63) is 0 Å². The lowest BCUT2D eigenvalue weighted by Gasteiger charge is -2.42. The minimum absolute atomic E-state index is 0.0479. The van der Waals surface area contributed by atoms with E-state index in [0.717, 1.165) is 37.5 Å². The first-order chi connectivity index (χ1) is 15.0. The van der Waals surface area contributed by atoms with Gasteiger partial charge in [0.2, 0.25) is 0 Å². The topological polar surface area (TPSA) is 36.9 Å². The summed E-state index contributed by atoms with van der Waals surface area (Å²) in [5, 5.41) is 0. The van der Waals surface area contributed by atoms with E-state index in [1.165, 1.54) is 51.4 Å². The van der Waals surface area contributed by atoms with Crippen molar-refractivity contribution in [3.63, 3.8) is 0 Å². The fourth-order valence-corrected chi connectivity index (χ4v) is 6.90. The van der Waals surface area contributed by atoms with Crippen molar-refractivity contribution < 1.29 is 18.9 Å². The fraction of sp³-hybridized carbons (Fsp3) is 1.00. The van der Waals surface area contributed by atoms with E-state index in [2.05, 4.69) is 41.5 Å². The molecule has 4 fully saturated rings. The van der Waals surface area contributed by atoms with Crippen LogP contribution in [0.15, 0.2) is 0 Å². The number of hydrogen-bond donors (Lipinski definition) is 0. The van der Waals surface area contributed by atoms with E-state index in [4.69, 9.17) is 18.9 Å². The van der Waals surface area contributed by atoms with Crippen LogP contribution in [0.5, 0.6) is 0 Å². The Morgan fingerprint density at radius 2 is 0.875 bits per heavy atom. The molecule has 2 aliphatic carbocycles. The van der Waals surface area contributed by atoms with Gasteiger partial charge in [0.1, 0.15) is 0 Å². The smallest absolute Gasteiger partial charge is 0.158 e. The highest BCUT2D eigenvalue weighted by molar-refractivity contribution is 4.95. The second-order valence-electron chi connectivity index (χ2n) is 13.6. The summed E-state index contributed by atoms with van der Waals surface area (Å²) in [6.07, 6.45) is 14.2. The van der Waals surface area contributed by atoms with Crippen molar-refractivity contribution in [3.8, 4) is 0 Å². The minimum atomic E-state index is -0.0479. The maximum atomic E-state index is 6.44. The molecule has 2 saturated heterocycles. The van der Waals surface area contributed by atoms with Gasteiger partial charge >= 0.3 is 0 Å². The van der Waals surface area contributed by atoms with Crippen LogP contribution in [0, 0.1) is 22.7 Å². The van der Waals surface area contributed by atoms with Gasteiger partial charge in [-0.25, -0.2) is 0 Å². The van der Waals surface area contributed by atoms with E-state index in [1.54, 1.807) is 0 Å². The van der Waals surface area contributed by atoms with E-state index in [0.29, 0.717) is 24.0 Å². The highest BCUT2D eigenvalue weighted by Crippen LogP contribution is 2.49. The molecular formula is C28H50O4. The summed E-state index contributed by atoms with van der Waals surface area (Å²) < 4.78 is 25.0. The predicted octanol–water partition coefficient (Wildman–Crippen LogP) is 7.24. The second kappa shape index (κ2) is 9.47. The first-order valence-electron chi connectivity index (χ1n) is 13.6. The molecule has 4 heteroatoms. The third kappa shape index (κ3) is 5.90. The van der Waals surface area contributed by atoms with Crippen molar-refractivity contribution in [2.24, 2.45) is 22.7 Å². The fourth-order valence-electron chi connectivity index (χ4n) is 6.90. The molecule has 0 amide bonds. The molecule has 4 rings (SSSR count). The average Bonchev–Trinajstić information content (AvgIpc) is 3.29. The van der Waals surface area contributed by atoms with E-state index in [9.17, 15) is 0 Å². The SMILES string of the molecule is CC(C)(C)C1CCC2(CC1)CC[C@@H](OCCO[C@@H]1CCC3(CCC(C(C)(C)C)CC3)O1)O2. The van der Waals surface area contributed by atoms with E-state index < -0.39 is 0 Å². The molecule has 0 aromatic heterocycles. The Kier molecular flexibility index (Phi) is 7.39. The molecule has 2 atom stereocenters. The first kappa shape index (κ1) is 24.9. The largest absolute Gasteiger partial charge is 0.350 e. The van der Waals surface area contributed by atoms with Gasteiger partial charge in [0.05, 0.1) is 24.4 Å². The lowest BCUT2D eigenvalue weighted by Crippen LogP contribution is -2.38. The summed E-state index contributed by atoms with van der Waals surface area (Å²) in [6, 6.07) is 0. The third-order valence-corrected chi connectivity index (χ3v) is 9.37. The van der Waals surface area contributed by atoms with Gasteiger partial charge in [-0.3, -0.25) is 0 Å². The van der Waals surface area contributed by atoms with Crippen molar-refractivity contribution >= 4 is 0 Å². The van der Waals surface area contributed by atoms with Crippen molar-refractivity contribution in [1.29, 1.82) is 0 Å². The molecule has 0 unspecified atom stereocenters. The Morgan fingerprint density at radius 3 is 1.19 bits per heavy atom. The zero-order chi connectivity index (χ0) is 23.0. The minimum Gasteiger partial charge on any atom is -0.350 e. The zero-order valence-corrected chi connectivity index (χ0v) is 21.8. The molecule has 2 aliphatic heterocycles. The first-order valence-corrected chi connectivity index (χ1v) is 13.6. The van der Waals surface area contributed by atoms with E-state index >= 15 is 0 Å². The maximum absolute atomic E-state index is 6.44. The van der Waals surface area contributed by atoms with Crippen LogP contribution in [0.2, 0.25) is 0 Å². The Morgan fingerprint density at radius 1 is 0.562 bits per heavy atom. The molecule has 4 nitrogen and oxygen atoms in total. The Hall–Kier alpha value is -0.160. The lowest BCUT2D eigenvalue weighted by atomic mass is 9.68. The molecule has 0 radical (unpaired) electrons. The molecule has 2 heterocycles. The molecule has 2 saturated carbocycles. The van der Waals surface area contributed by atoms with E-state index in [1.807, 2.05) is 0 Å². The van der Waals surface area contributed by atoms with Crippen LogP contribution < -0.4 is 0 Å². The normalized spacial score (nSPS) is 41.1. The van der Waals surface area contributed by atoms with Gasteiger partial charge in [-0.05, 0) is 86.9 Å². The number of rotatable bonds is 5. The quantitative estimate of drug-likeness (QED) is 0.414. The second-order valence-corrected chi connectivity index (χ2v) is 13.6. The van der Waals surface area contributed by atoms with Crippen molar-refractivity contribution in [2.45, 2.75) is 142 Å². The van der Waals surface area contributed by atoms with Crippen LogP contribution in [0.1, 0.15) is 119 Å². The van der Waals surface area contributed by atoms with Gasteiger partial charge < -0.3 is 18.9 Å². The summed E-state index contributed by atoms with van der Waals surface area (Å²) in [5.41, 5.74) is 1.00. The van der Waals surface area contributed by atoms with Crippen LogP contribution >= 0.6 is 0 Å².